The molecule has 96 valence electrons. The number of hydrogen-bond donors (Lipinski definition) is 1. The van der Waals surface area contributed by atoms with E-state index in [0.29, 0.717) is 0 Å². The third-order valence-corrected chi connectivity index (χ3v) is 4.14. The third-order valence-electron chi connectivity index (χ3n) is 3.13. The van der Waals surface area contributed by atoms with Crippen molar-refractivity contribution in [2.24, 2.45) is 0 Å². The van der Waals surface area contributed by atoms with Crippen LogP contribution in [0, 0.1) is 13.8 Å². The highest BCUT2D eigenvalue weighted by atomic mass is 32.1. The van der Waals surface area contributed by atoms with Crippen molar-refractivity contribution in [3.05, 3.63) is 52.7 Å². The molecule has 1 aromatic carbocycles. The van der Waals surface area contributed by atoms with Crippen LogP contribution in [0.4, 0.5) is 5.82 Å². The summed E-state index contributed by atoms with van der Waals surface area (Å²) < 4.78 is 0. The number of anilines is 1. The fourth-order valence-electron chi connectivity index (χ4n) is 2.04. The fraction of sp³-hybridized carbons (Fsp3) is 0.200. The van der Waals surface area contributed by atoms with Crippen LogP contribution in [0.25, 0.3) is 10.2 Å². The maximum Gasteiger partial charge on any atom is 0.138 e. The monoisotopic (exact) mass is 269 g/mol. The van der Waals surface area contributed by atoms with Crippen LogP contribution in [-0.2, 0) is 6.54 Å². The second-order valence-corrected chi connectivity index (χ2v) is 5.52. The van der Waals surface area contributed by atoms with Crippen molar-refractivity contribution in [3.63, 3.8) is 0 Å². The third kappa shape index (κ3) is 2.44. The van der Waals surface area contributed by atoms with Gasteiger partial charge in [0.25, 0.3) is 0 Å². The van der Waals surface area contributed by atoms with Crippen molar-refractivity contribution < 1.29 is 0 Å². The quantitative estimate of drug-likeness (QED) is 0.783. The number of aromatic nitrogens is 2. The van der Waals surface area contributed by atoms with Crippen LogP contribution in [-0.4, -0.2) is 9.97 Å². The van der Waals surface area contributed by atoms with Crippen LogP contribution in [0.3, 0.4) is 0 Å². The van der Waals surface area contributed by atoms with E-state index in [4.69, 9.17) is 0 Å². The molecule has 0 radical (unpaired) electrons. The van der Waals surface area contributed by atoms with E-state index in [1.807, 2.05) is 0 Å². The summed E-state index contributed by atoms with van der Waals surface area (Å²) in [5, 5.41) is 6.67. The highest BCUT2D eigenvalue weighted by Gasteiger charge is 2.07. The number of nitrogens with one attached hydrogen (secondary N) is 1. The van der Waals surface area contributed by atoms with Gasteiger partial charge in [0.15, 0.2) is 0 Å². The average molecular weight is 269 g/mol. The van der Waals surface area contributed by atoms with E-state index in [2.05, 4.69) is 58.8 Å². The smallest absolute Gasteiger partial charge is 0.138 e. The first-order valence-electron chi connectivity index (χ1n) is 6.22. The molecule has 0 bridgehead atoms. The van der Waals surface area contributed by atoms with Gasteiger partial charge in [-0.25, -0.2) is 9.97 Å². The molecule has 1 N–H and O–H groups in total. The molecule has 0 saturated heterocycles. The summed E-state index contributed by atoms with van der Waals surface area (Å²) in [6.07, 6.45) is 1.62. The molecule has 0 aliphatic heterocycles. The van der Waals surface area contributed by atoms with Crippen molar-refractivity contribution in [2.45, 2.75) is 20.4 Å². The zero-order chi connectivity index (χ0) is 13.2. The van der Waals surface area contributed by atoms with Gasteiger partial charge in [-0.3, -0.25) is 0 Å². The maximum atomic E-state index is 4.36. The highest BCUT2D eigenvalue weighted by Crippen LogP contribution is 2.28. The Bertz CT molecular complexity index is 701. The van der Waals surface area contributed by atoms with Gasteiger partial charge in [0.1, 0.15) is 17.0 Å². The Morgan fingerprint density at radius 1 is 1.11 bits per heavy atom. The van der Waals surface area contributed by atoms with Crippen molar-refractivity contribution >= 4 is 27.4 Å². The second kappa shape index (κ2) is 4.97. The first-order chi connectivity index (χ1) is 9.24. The Hall–Kier alpha value is -1.94. The summed E-state index contributed by atoms with van der Waals surface area (Å²) in [6.45, 7) is 4.97. The number of fused-ring (bicyclic) bond motifs is 1. The molecule has 0 fully saturated rings. The van der Waals surface area contributed by atoms with Crippen LogP contribution >= 0.6 is 11.3 Å². The predicted octanol–water partition coefficient (Wildman–Crippen LogP) is 3.92. The Labute approximate surface area is 116 Å². The number of rotatable bonds is 3. The first kappa shape index (κ1) is 12.1. The van der Waals surface area contributed by atoms with Gasteiger partial charge >= 0.3 is 0 Å². The fourth-order valence-corrected chi connectivity index (χ4v) is 2.93. The lowest BCUT2D eigenvalue weighted by Gasteiger charge is -2.07. The van der Waals surface area contributed by atoms with E-state index in [9.17, 15) is 0 Å². The minimum atomic E-state index is 0.779. The Morgan fingerprint density at radius 2 is 1.89 bits per heavy atom. The molecule has 0 saturated carbocycles. The van der Waals surface area contributed by atoms with E-state index < -0.39 is 0 Å². The molecule has 3 aromatic rings. The number of aryl methyl sites for hydroxylation is 2. The van der Waals surface area contributed by atoms with Gasteiger partial charge in [-0.1, -0.05) is 29.8 Å². The van der Waals surface area contributed by atoms with Crippen molar-refractivity contribution in [1.29, 1.82) is 0 Å². The standard InChI is InChI=1S/C15H15N3S/c1-10-3-5-12(6-4-10)7-16-14-13-11(2)8-19-15(13)18-9-17-14/h3-6,8-9H,7H2,1-2H3,(H,16,17,18). The van der Waals surface area contributed by atoms with Gasteiger partial charge in [-0.05, 0) is 30.4 Å². The molecule has 0 aliphatic carbocycles. The molecule has 2 aromatic heterocycles. The molecule has 4 heteroatoms. The van der Waals surface area contributed by atoms with Gasteiger partial charge in [0, 0.05) is 6.54 Å². The zero-order valence-electron chi connectivity index (χ0n) is 11.0. The van der Waals surface area contributed by atoms with Gasteiger partial charge in [-0.2, -0.15) is 0 Å². The lowest BCUT2D eigenvalue weighted by atomic mass is 10.1. The molecule has 0 atom stereocenters. The van der Waals surface area contributed by atoms with Crippen LogP contribution in [0.1, 0.15) is 16.7 Å². The minimum Gasteiger partial charge on any atom is -0.365 e. The van der Waals surface area contributed by atoms with Gasteiger partial charge in [0.2, 0.25) is 0 Å². The van der Waals surface area contributed by atoms with Crippen LogP contribution in [0.15, 0.2) is 36.0 Å². The summed E-state index contributed by atoms with van der Waals surface area (Å²) in [7, 11) is 0. The molecule has 0 aliphatic rings. The van der Waals surface area contributed by atoms with E-state index in [-0.39, 0.29) is 0 Å². The van der Waals surface area contributed by atoms with E-state index in [1.165, 1.54) is 16.7 Å². The number of hydrogen-bond acceptors (Lipinski definition) is 4. The molecule has 0 amide bonds. The van der Waals surface area contributed by atoms with E-state index in [1.54, 1.807) is 17.7 Å². The SMILES string of the molecule is Cc1ccc(CNc2ncnc3scc(C)c23)cc1. The highest BCUT2D eigenvalue weighted by molar-refractivity contribution is 7.17. The predicted molar refractivity (Wildman–Crippen MR) is 80.7 cm³/mol. The van der Waals surface area contributed by atoms with Crippen molar-refractivity contribution in [3.8, 4) is 0 Å². The molecule has 3 rings (SSSR count). The lowest BCUT2D eigenvalue weighted by molar-refractivity contribution is 1.10. The first-order valence-corrected chi connectivity index (χ1v) is 7.10. The summed E-state index contributed by atoms with van der Waals surface area (Å²) in [6, 6.07) is 8.53. The Morgan fingerprint density at radius 3 is 2.68 bits per heavy atom. The second-order valence-electron chi connectivity index (χ2n) is 4.66. The summed E-state index contributed by atoms with van der Waals surface area (Å²) in [4.78, 5) is 9.69. The Balaban J connectivity index is 1.85. The number of benzene rings is 1. The summed E-state index contributed by atoms with van der Waals surface area (Å²) in [5.74, 6) is 0.921. The summed E-state index contributed by atoms with van der Waals surface area (Å²) >= 11 is 1.66. The van der Waals surface area contributed by atoms with Crippen LogP contribution in [0.5, 0.6) is 0 Å². The van der Waals surface area contributed by atoms with Gasteiger partial charge in [0.05, 0.1) is 5.39 Å². The molecule has 19 heavy (non-hydrogen) atoms. The van der Waals surface area contributed by atoms with E-state index >= 15 is 0 Å². The van der Waals surface area contributed by atoms with Crippen molar-refractivity contribution in [1.82, 2.24) is 9.97 Å². The van der Waals surface area contributed by atoms with Gasteiger partial charge < -0.3 is 5.32 Å². The van der Waals surface area contributed by atoms with Crippen LogP contribution in [0.2, 0.25) is 0 Å². The topological polar surface area (TPSA) is 37.8 Å². The number of nitrogens with zero attached hydrogens (tertiary/aromatic N) is 2. The molecule has 0 unspecified atom stereocenters. The van der Waals surface area contributed by atoms with Gasteiger partial charge in [-0.15, -0.1) is 11.3 Å². The average Bonchev–Trinajstić information content (AvgIpc) is 2.81. The molecule has 0 spiro atoms. The summed E-state index contributed by atoms with van der Waals surface area (Å²) in [5.41, 5.74) is 3.76. The molecule has 3 nitrogen and oxygen atoms in total. The number of thiophene rings is 1. The van der Waals surface area contributed by atoms with Crippen LogP contribution < -0.4 is 5.32 Å². The molecular weight excluding hydrogens is 254 g/mol. The lowest BCUT2D eigenvalue weighted by Crippen LogP contribution is -2.02. The maximum absolute atomic E-state index is 4.36. The van der Waals surface area contributed by atoms with E-state index in [0.717, 1.165) is 22.6 Å². The molecular formula is C15H15N3S. The zero-order valence-corrected chi connectivity index (χ0v) is 11.8. The largest absolute Gasteiger partial charge is 0.365 e. The molecule has 2 heterocycles. The minimum absolute atomic E-state index is 0.779. The Kier molecular flexibility index (Phi) is 3.17. The normalized spacial score (nSPS) is 10.8. The van der Waals surface area contributed by atoms with Crippen molar-refractivity contribution in [2.75, 3.05) is 5.32 Å².